The Bertz CT molecular complexity index is 1150. The molecule has 1 N–H and O–H groups in total. The van der Waals surface area contributed by atoms with Crippen molar-refractivity contribution in [2.75, 3.05) is 5.32 Å². The van der Waals surface area contributed by atoms with E-state index in [2.05, 4.69) is 10.4 Å². The summed E-state index contributed by atoms with van der Waals surface area (Å²) in [6, 6.07) is 10.8. The standard InChI is InChI=1S/C23H23ClFN3O2/c1-13-9-16(17(24)11-18(13)25)21(29)14-7-6-8-15(10-14)26-22(30)19-12-20(23(2,3)4)27-28(19)5/h6-12H,1-5H3,(H,26,30). The number of benzene rings is 2. The minimum atomic E-state index is -0.469. The molecule has 5 nitrogen and oxygen atoms in total. The van der Waals surface area contributed by atoms with Gasteiger partial charge >= 0.3 is 0 Å². The molecule has 1 aromatic heterocycles. The van der Waals surface area contributed by atoms with Crippen LogP contribution in [0.25, 0.3) is 0 Å². The van der Waals surface area contributed by atoms with Crippen LogP contribution in [0.4, 0.5) is 10.1 Å². The Morgan fingerprint density at radius 1 is 1.13 bits per heavy atom. The van der Waals surface area contributed by atoms with Crippen molar-refractivity contribution in [3.8, 4) is 0 Å². The van der Waals surface area contributed by atoms with Gasteiger partial charge in [0.05, 0.1) is 10.7 Å². The van der Waals surface area contributed by atoms with Crippen LogP contribution in [-0.4, -0.2) is 21.5 Å². The maximum absolute atomic E-state index is 13.7. The number of carbonyl (C=O) groups is 2. The number of amides is 1. The molecule has 0 bridgehead atoms. The van der Waals surface area contributed by atoms with Crippen LogP contribution in [-0.2, 0) is 12.5 Å². The van der Waals surface area contributed by atoms with Gasteiger partial charge < -0.3 is 5.32 Å². The van der Waals surface area contributed by atoms with E-state index >= 15 is 0 Å². The minimum Gasteiger partial charge on any atom is -0.321 e. The number of hydrogen-bond acceptors (Lipinski definition) is 3. The summed E-state index contributed by atoms with van der Waals surface area (Å²) >= 11 is 6.07. The fourth-order valence-electron chi connectivity index (χ4n) is 2.97. The molecule has 0 radical (unpaired) electrons. The lowest BCUT2D eigenvalue weighted by Crippen LogP contribution is -2.16. The van der Waals surface area contributed by atoms with Crippen molar-refractivity contribution in [3.05, 3.63) is 81.4 Å². The maximum atomic E-state index is 13.7. The Kier molecular flexibility index (Phi) is 5.81. The normalized spacial score (nSPS) is 11.4. The van der Waals surface area contributed by atoms with E-state index in [1.807, 2.05) is 20.8 Å². The number of nitrogens with zero attached hydrogens (tertiary/aromatic N) is 2. The van der Waals surface area contributed by atoms with Crippen LogP contribution >= 0.6 is 11.6 Å². The SMILES string of the molecule is Cc1cc(C(=O)c2cccc(NC(=O)c3cc(C(C)(C)C)nn3C)c2)c(Cl)cc1F. The molecule has 0 aliphatic rings. The summed E-state index contributed by atoms with van der Waals surface area (Å²) < 4.78 is 15.2. The van der Waals surface area contributed by atoms with E-state index < -0.39 is 5.82 Å². The molecule has 30 heavy (non-hydrogen) atoms. The van der Waals surface area contributed by atoms with Gasteiger partial charge in [-0.25, -0.2) is 4.39 Å². The Hall–Kier alpha value is -2.99. The number of rotatable bonds is 4. The first-order chi connectivity index (χ1) is 14.0. The molecule has 0 spiro atoms. The van der Waals surface area contributed by atoms with Gasteiger partial charge in [0, 0.05) is 29.3 Å². The summed E-state index contributed by atoms with van der Waals surface area (Å²) in [6.07, 6.45) is 0. The third-order valence-corrected chi connectivity index (χ3v) is 5.07. The van der Waals surface area contributed by atoms with Crippen molar-refractivity contribution in [2.24, 2.45) is 7.05 Å². The highest BCUT2D eigenvalue weighted by Gasteiger charge is 2.22. The monoisotopic (exact) mass is 427 g/mol. The second-order valence-corrected chi connectivity index (χ2v) is 8.64. The first kappa shape index (κ1) is 21.7. The minimum absolute atomic E-state index is 0.0436. The zero-order chi connectivity index (χ0) is 22.2. The predicted octanol–water partition coefficient (Wildman–Crippen LogP) is 5.30. The molecule has 1 amide bonds. The summed E-state index contributed by atoms with van der Waals surface area (Å²) in [7, 11) is 1.71. The molecule has 3 rings (SSSR count). The lowest BCUT2D eigenvalue weighted by Gasteiger charge is -2.13. The van der Waals surface area contributed by atoms with Crippen LogP contribution in [0.15, 0.2) is 42.5 Å². The van der Waals surface area contributed by atoms with Crippen molar-refractivity contribution in [3.63, 3.8) is 0 Å². The van der Waals surface area contributed by atoms with E-state index in [9.17, 15) is 14.0 Å². The first-order valence-corrected chi connectivity index (χ1v) is 9.81. The molecular formula is C23H23ClFN3O2. The van der Waals surface area contributed by atoms with Gasteiger partial charge in [0.1, 0.15) is 11.5 Å². The van der Waals surface area contributed by atoms with Crippen LogP contribution in [0, 0.1) is 12.7 Å². The molecule has 0 saturated carbocycles. The molecule has 0 atom stereocenters. The van der Waals surface area contributed by atoms with Crippen molar-refractivity contribution >= 4 is 29.0 Å². The smallest absolute Gasteiger partial charge is 0.273 e. The molecule has 0 unspecified atom stereocenters. The topological polar surface area (TPSA) is 64.0 Å². The molecule has 0 aliphatic carbocycles. The van der Waals surface area contributed by atoms with Gasteiger partial charge in [0.25, 0.3) is 5.91 Å². The van der Waals surface area contributed by atoms with Crippen LogP contribution in [0.5, 0.6) is 0 Å². The van der Waals surface area contributed by atoms with Gasteiger partial charge in [-0.05, 0) is 42.8 Å². The molecule has 3 aromatic rings. The summed E-state index contributed by atoms with van der Waals surface area (Å²) in [5.74, 6) is -1.15. The van der Waals surface area contributed by atoms with Crippen LogP contribution in [0.2, 0.25) is 5.02 Å². The molecule has 1 heterocycles. The maximum Gasteiger partial charge on any atom is 0.273 e. The first-order valence-electron chi connectivity index (χ1n) is 9.43. The highest BCUT2D eigenvalue weighted by molar-refractivity contribution is 6.35. The number of aryl methyl sites for hydroxylation is 2. The lowest BCUT2D eigenvalue weighted by molar-refractivity contribution is 0.101. The zero-order valence-corrected chi connectivity index (χ0v) is 18.3. The largest absolute Gasteiger partial charge is 0.321 e. The Balaban J connectivity index is 1.86. The summed E-state index contributed by atoms with van der Waals surface area (Å²) in [4.78, 5) is 25.6. The van der Waals surface area contributed by atoms with Crippen LogP contribution in [0.3, 0.4) is 0 Å². The number of hydrogen-bond donors (Lipinski definition) is 1. The number of nitrogens with one attached hydrogen (secondary N) is 1. The van der Waals surface area contributed by atoms with E-state index in [-0.39, 0.29) is 27.7 Å². The fraction of sp³-hybridized carbons (Fsp3) is 0.261. The van der Waals surface area contributed by atoms with Gasteiger partial charge in [-0.15, -0.1) is 0 Å². The molecule has 2 aromatic carbocycles. The van der Waals surface area contributed by atoms with Crippen molar-refractivity contribution < 1.29 is 14.0 Å². The quantitative estimate of drug-likeness (QED) is 0.574. The number of halogens is 2. The lowest BCUT2D eigenvalue weighted by atomic mass is 9.92. The van der Waals surface area contributed by atoms with Gasteiger partial charge in [-0.1, -0.05) is 44.5 Å². The molecule has 7 heteroatoms. The molecule has 0 fully saturated rings. The average molecular weight is 428 g/mol. The van der Waals surface area contributed by atoms with Crippen LogP contribution in [0.1, 0.15) is 58.4 Å². The van der Waals surface area contributed by atoms with E-state index in [1.165, 1.54) is 10.7 Å². The second kappa shape index (κ2) is 8.03. The van der Waals surface area contributed by atoms with Crippen molar-refractivity contribution in [2.45, 2.75) is 33.1 Å². The van der Waals surface area contributed by atoms with E-state index in [4.69, 9.17) is 11.6 Å². The summed E-state index contributed by atoms with van der Waals surface area (Å²) in [5, 5.41) is 7.26. The number of aromatic nitrogens is 2. The summed E-state index contributed by atoms with van der Waals surface area (Å²) in [5.41, 5.74) is 2.36. The Morgan fingerprint density at radius 2 is 1.83 bits per heavy atom. The molecule has 0 aliphatic heterocycles. The number of anilines is 1. The Morgan fingerprint density at radius 3 is 2.47 bits per heavy atom. The third-order valence-electron chi connectivity index (χ3n) is 4.76. The van der Waals surface area contributed by atoms with Gasteiger partial charge in [-0.2, -0.15) is 5.10 Å². The van der Waals surface area contributed by atoms with E-state index in [0.717, 1.165) is 11.8 Å². The predicted molar refractivity (Wildman–Crippen MR) is 116 cm³/mol. The highest BCUT2D eigenvalue weighted by Crippen LogP contribution is 2.25. The van der Waals surface area contributed by atoms with E-state index in [1.54, 1.807) is 44.3 Å². The van der Waals surface area contributed by atoms with Crippen molar-refractivity contribution in [1.29, 1.82) is 0 Å². The van der Waals surface area contributed by atoms with Crippen molar-refractivity contribution in [1.82, 2.24) is 9.78 Å². The second-order valence-electron chi connectivity index (χ2n) is 8.23. The van der Waals surface area contributed by atoms with Gasteiger partial charge in [0.2, 0.25) is 0 Å². The van der Waals surface area contributed by atoms with Gasteiger partial charge in [-0.3, -0.25) is 14.3 Å². The Labute approximate surface area is 179 Å². The van der Waals surface area contributed by atoms with Crippen LogP contribution < -0.4 is 5.32 Å². The zero-order valence-electron chi connectivity index (χ0n) is 17.5. The number of ketones is 1. The fourth-order valence-corrected chi connectivity index (χ4v) is 3.20. The highest BCUT2D eigenvalue weighted by atomic mass is 35.5. The average Bonchev–Trinajstić information content (AvgIpc) is 3.06. The molecule has 156 valence electrons. The molecule has 0 saturated heterocycles. The number of carbonyl (C=O) groups excluding carboxylic acids is 2. The van der Waals surface area contributed by atoms with E-state index in [0.29, 0.717) is 22.5 Å². The molecular weight excluding hydrogens is 405 g/mol. The van der Waals surface area contributed by atoms with Gasteiger partial charge in [0.15, 0.2) is 5.78 Å². The third kappa shape index (κ3) is 4.44. The summed E-state index contributed by atoms with van der Waals surface area (Å²) in [6.45, 7) is 7.63.